The van der Waals surface area contributed by atoms with Crippen molar-refractivity contribution in [1.29, 1.82) is 0 Å². The van der Waals surface area contributed by atoms with Gasteiger partial charge in [0, 0.05) is 17.3 Å². The summed E-state index contributed by atoms with van der Waals surface area (Å²) in [7, 11) is 1.91. The van der Waals surface area contributed by atoms with Crippen molar-refractivity contribution in [1.82, 2.24) is 4.90 Å². The number of amides is 1. The first-order chi connectivity index (χ1) is 10.0. The summed E-state index contributed by atoms with van der Waals surface area (Å²) in [5, 5.41) is 3.60. The Labute approximate surface area is 130 Å². The summed E-state index contributed by atoms with van der Waals surface area (Å²) < 4.78 is 0. The molecule has 1 N–H and O–H groups in total. The van der Waals surface area contributed by atoms with Gasteiger partial charge in [0.2, 0.25) is 5.91 Å². The van der Waals surface area contributed by atoms with Crippen LogP contribution in [0.2, 0.25) is 5.02 Å². The number of carbonyl (C=O) groups excluding carboxylic acids is 1. The summed E-state index contributed by atoms with van der Waals surface area (Å²) in [5.41, 5.74) is 3.08. The van der Waals surface area contributed by atoms with E-state index < -0.39 is 0 Å². The van der Waals surface area contributed by atoms with Gasteiger partial charge in [-0.3, -0.25) is 9.69 Å². The second kappa shape index (κ2) is 7.25. The maximum absolute atomic E-state index is 12.0. The van der Waals surface area contributed by atoms with Gasteiger partial charge in [0.15, 0.2) is 0 Å². The minimum atomic E-state index is -0.0246. The number of aryl methyl sites for hydroxylation is 1. The van der Waals surface area contributed by atoms with Crippen molar-refractivity contribution in [3.05, 3.63) is 64.7 Å². The molecule has 0 aromatic heterocycles. The molecule has 0 unspecified atom stereocenters. The van der Waals surface area contributed by atoms with Crippen LogP contribution in [0.4, 0.5) is 5.69 Å². The third-order valence-electron chi connectivity index (χ3n) is 3.09. The van der Waals surface area contributed by atoms with Gasteiger partial charge >= 0.3 is 0 Å². The average molecular weight is 303 g/mol. The van der Waals surface area contributed by atoms with Crippen LogP contribution < -0.4 is 5.32 Å². The zero-order chi connectivity index (χ0) is 15.2. The zero-order valence-corrected chi connectivity index (χ0v) is 13.0. The minimum Gasteiger partial charge on any atom is -0.325 e. The molecule has 0 aliphatic heterocycles. The number of carbonyl (C=O) groups is 1. The molecule has 21 heavy (non-hydrogen) atoms. The fourth-order valence-electron chi connectivity index (χ4n) is 2.09. The summed E-state index contributed by atoms with van der Waals surface area (Å²) in [6.07, 6.45) is 0. The van der Waals surface area contributed by atoms with E-state index in [-0.39, 0.29) is 5.91 Å². The fraction of sp³-hybridized carbons (Fsp3) is 0.235. The van der Waals surface area contributed by atoms with Crippen molar-refractivity contribution in [2.24, 2.45) is 0 Å². The molecule has 4 heteroatoms. The third kappa shape index (κ3) is 5.21. The number of rotatable bonds is 5. The predicted molar refractivity (Wildman–Crippen MR) is 87.6 cm³/mol. The first kappa shape index (κ1) is 15.5. The number of benzene rings is 2. The quantitative estimate of drug-likeness (QED) is 0.913. The Bertz CT molecular complexity index is 610. The van der Waals surface area contributed by atoms with Crippen LogP contribution in [-0.2, 0) is 11.3 Å². The summed E-state index contributed by atoms with van der Waals surface area (Å²) in [6.45, 7) is 3.03. The SMILES string of the molecule is Cc1ccc(NC(=O)CN(C)Cc2cccc(Cl)c2)cc1. The molecule has 0 fully saturated rings. The number of nitrogens with zero attached hydrogens (tertiary/aromatic N) is 1. The molecule has 0 atom stereocenters. The highest BCUT2D eigenvalue weighted by molar-refractivity contribution is 6.30. The van der Waals surface area contributed by atoms with E-state index in [2.05, 4.69) is 5.32 Å². The number of likely N-dealkylation sites (N-methyl/N-ethyl adjacent to an activating group) is 1. The Kier molecular flexibility index (Phi) is 5.37. The Morgan fingerprint density at radius 2 is 1.90 bits per heavy atom. The van der Waals surface area contributed by atoms with Gasteiger partial charge in [0.1, 0.15) is 0 Å². The first-order valence-electron chi connectivity index (χ1n) is 6.82. The largest absolute Gasteiger partial charge is 0.325 e. The van der Waals surface area contributed by atoms with Gasteiger partial charge in [-0.1, -0.05) is 41.4 Å². The standard InChI is InChI=1S/C17H19ClN2O/c1-13-6-8-16(9-7-13)19-17(21)12-20(2)11-14-4-3-5-15(18)10-14/h3-10H,11-12H2,1-2H3,(H,19,21). The second-order valence-corrected chi connectivity index (χ2v) is 5.65. The number of hydrogen-bond donors (Lipinski definition) is 1. The van der Waals surface area contributed by atoms with Crippen LogP contribution in [0.1, 0.15) is 11.1 Å². The van der Waals surface area contributed by atoms with Crippen LogP contribution in [-0.4, -0.2) is 24.4 Å². The summed E-state index contributed by atoms with van der Waals surface area (Å²) >= 11 is 5.96. The molecule has 3 nitrogen and oxygen atoms in total. The Balaban J connectivity index is 1.86. The Hall–Kier alpha value is -1.84. The molecule has 2 aromatic rings. The van der Waals surface area contributed by atoms with Crippen LogP contribution >= 0.6 is 11.6 Å². The van der Waals surface area contributed by atoms with Crippen molar-refractivity contribution in [3.8, 4) is 0 Å². The number of anilines is 1. The molecule has 0 spiro atoms. The molecule has 0 saturated heterocycles. The molecular weight excluding hydrogens is 284 g/mol. The number of hydrogen-bond acceptors (Lipinski definition) is 2. The Morgan fingerprint density at radius 3 is 2.57 bits per heavy atom. The molecule has 1 amide bonds. The van der Waals surface area contributed by atoms with Crippen molar-refractivity contribution in [2.75, 3.05) is 18.9 Å². The van der Waals surface area contributed by atoms with Crippen molar-refractivity contribution in [2.45, 2.75) is 13.5 Å². The third-order valence-corrected chi connectivity index (χ3v) is 3.33. The van der Waals surface area contributed by atoms with Crippen molar-refractivity contribution >= 4 is 23.2 Å². The lowest BCUT2D eigenvalue weighted by Gasteiger charge is -2.16. The maximum Gasteiger partial charge on any atom is 0.238 e. The van der Waals surface area contributed by atoms with E-state index in [1.54, 1.807) is 0 Å². The van der Waals surface area contributed by atoms with Gasteiger partial charge in [-0.15, -0.1) is 0 Å². The van der Waals surface area contributed by atoms with Gasteiger partial charge in [-0.25, -0.2) is 0 Å². The molecule has 0 aliphatic carbocycles. The average Bonchev–Trinajstić information content (AvgIpc) is 2.41. The lowest BCUT2D eigenvalue weighted by molar-refractivity contribution is -0.117. The van der Waals surface area contributed by atoms with Crippen LogP contribution in [0.15, 0.2) is 48.5 Å². The van der Waals surface area contributed by atoms with Gasteiger partial charge in [-0.2, -0.15) is 0 Å². The molecule has 0 saturated carbocycles. The van der Waals surface area contributed by atoms with Crippen LogP contribution in [0.5, 0.6) is 0 Å². The second-order valence-electron chi connectivity index (χ2n) is 5.22. The Morgan fingerprint density at radius 1 is 1.19 bits per heavy atom. The van der Waals surface area contributed by atoms with Crippen molar-refractivity contribution < 1.29 is 4.79 Å². The highest BCUT2D eigenvalue weighted by Gasteiger charge is 2.07. The van der Waals surface area contributed by atoms with Gasteiger partial charge in [-0.05, 0) is 43.8 Å². The maximum atomic E-state index is 12.0. The number of nitrogens with one attached hydrogen (secondary N) is 1. The monoisotopic (exact) mass is 302 g/mol. The van der Waals surface area contributed by atoms with E-state index in [0.29, 0.717) is 18.1 Å². The lowest BCUT2D eigenvalue weighted by Crippen LogP contribution is -2.29. The number of halogens is 1. The van der Waals surface area contributed by atoms with E-state index in [0.717, 1.165) is 11.3 Å². The van der Waals surface area contributed by atoms with Gasteiger partial charge in [0.25, 0.3) is 0 Å². The van der Waals surface area contributed by atoms with Crippen LogP contribution in [0, 0.1) is 6.92 Å². The highest BCUT2D eigenvalue weighted by Crippen LogP contribution is 2.12. The summed E-state index contributed by atoms with van der Waals surface area (Å²) in [6, 6.07) is 15.4. The first-order valence-corrected chi connectivity index (χ1v) is 7.20. The molecular formula is C17H19ClN2O. The molecule has 2 aromatic carbocycles. The van der Waals surface area contributed by atoms with Crippen LogP contribution in [0.3, 0.4) is 0 Å². The smallest absolute Gasteiger partial charge is 0.238 e. The van der Waals surface area contributed by atoms with E-state index in [4.69, 9.17) is 11.6 Å². The molecule has 0 aliphatic rings. The lowest BCUT2D eigenvalue weighted by atomic mass is 10.2. The molecule has 2 rings (SSSR count). The van der Waals surface area contributed by atoms with E-state index in [9.17, 15) is 4.79 Å². The molecule has 0 bridgehead atoms. The van der Waals surface area contributed by atoms with E-state index in [1.165, 1.54) is 5.56 Å². The topological polar surface area (TPSA) is 32.3 Å². The normalized spacial score (nSPS) is 10.7. The van der Waals surface area contributed by atoms with Gasteiger partial charge < -0.3 is 5.32 Å². The summed E-state index contributed by atoms with van der Waals surface area (Å²) in [5.74, 6) is -0.0246. The zero-order valence-electron chi connectivity index (χ0n) is 12.3. The molecule has 0 heterocycles. The van der Waals surface area contributed by atoms with Crippen LogP contribution in [0.25, 0.3) is 0 Å². The van der Waals surface area contributed by atoms with Crippen molar-refractivity contribution in [3.63, 3.8) is 0 Å². The van der Waals surface area contributed by atoms with E-state index in [1.807, 2.05) is 67.4 Å². The molecule has 0 radical (unpaired) electrons. The predicted octanol–water partition coefficient (Wildman–Crippen LogP) is 3.72. The highest BCUT2D eigenvalue weighted by atomic mass is 35.5. The van der Waals surface area contributed by atoms with E-state index >= 15 is 0 Å². The summed E-state index contributed by atoms with van der Waals surface area (Å²) in [4.78, 5) is 13.9. The molecule has 110 valence electrons. The fourth-order valence-corrected chi connectivity index (χ4v) is 2.30. The van der Waals surface area contributed by atoms with Gasteiger partial charge in [0.05, 0.1) is 6.54 Å². The minimum absolute atomic E-state index is 0.0246.